The molecule has 2 aliphatic carbocycles. The van der Waals surface area contributed by atoms with Gasteiger partial charge in [-0.15, -0.1) is 0 Å². The van der Waals surface area contributed by atoms with Gasteiger partial charge in [-0.2, -0.15) is 0 Å². The summed E-state index contributed by atoms with van der Waals surface area (Å²) in [4.78, 5) is 24.7. The maximum Gasteiger partial charge on any atom is 0.512 e. The maximum atomic E-state index is 12.9. The minimum atomic E-state index is -0.600. The van der Waals surface area contributed by atoms with Crippen molar-refractivity contribution in [2.45, 2.75) is 57.1 Å². The third-order valence-electron chi connectivity index (χ3n) is 7.74. The molecule has 1 spiro atoms. The van der Waals surface area contributed by atoms with Crippen LogP contribution in [-0.2, 0) is 26.1 Å². The lowest BCUT2D eigenvalue weighted by atomic mass is 9.51. The van der Waals surface area contributed by atoms with E-state index in [1.54, 1.807) is 6.92 Å². The molecular formula is C22H28NO5+. The fourth-order valence-electron chi connectivity index (χ4n) is 6.46. The van der Waals surface area contributed by atoms with Crippen molar-refractivity contribution in [2.24, 2.45) is 5.92 Å². The smallest absolute Gasteiger partial charge is 0.481 e. The van der Waals surface area contributed by atoms with Gasteiger partial charge < -0.3 is 14.2 Å². The highest BCUT2D eigenvalue weighted by Gasteiger charge is 2.69. The fourth-order valence-corrected chi connectivity index (χ4v) is 6.46. The van der Waals surface area contributed by atoms with E-state index >= 15 is 0 Å². The molecule has 0 aromatic heterocycles. The Bertz CT molecular complexity index is 867. The number of nitrogens with zero attached hydrogens (tertiary/aromatic N) is 1. The molecule has 5 atom stereocenters. The lowest BCUT2D eigenvalue weighted by Crippen LogP contribution is -2.72. The largest absolute Gasteiger partial charge is 0.512 e. The van der Waals surface area contributed by atoms with E-state index in [0.29, 0.717) is 36.2 Å². The van der Waals surface area contributed by atoms with Gasteiger partial charge in [0.25, 0.3) is 0 Å². The first kappa shape index (κ1) is 18.0. The number of likely N-dealkylation sites (N-methyl/N-ethyl adjacent to an activating group) is 1. The van der Waals surface area contributed by atoms with Crippen LogP contribution in [0.1, 0.15) is 42.9 Å². The molecule has 1 saturated heterocycles. The second-order valence-corrected chi connectivity index (χ2v) is 9.08. The summed E-state index contributed by atoms with van der Waals surface area (Å²) in [6, 6.07) is 4.64. The lowest BCUT2D eigenvalue weighted by Gasteiger charge is -2.59. The van der Waals surface area contributed by atoms with Crippen LogP contribution < -0.4 is 4.74 Å². The molecule has 4 aliphatic rings. The first-order valence-corrected chi connectivity index (χ1v) is 10.4. The van der Waals surface area contributed by atoms with Gasteiger partial charge >= 0.3 is 6.16 Å². The van der Waals surface area contributed by atoms with Gasteiger partial charge in [0.15, 0.2) is 11.9 Å². The Balaban J connectivity index is 1.56. The number of benzene rings is 1. The minimum Gasteiger partial charge on any atom is -0.481 e. The fraction of sp³-hybridized carbons (Fsp3) is 0.636. The number of carbonyl (C=O) groups excluding carboxylic acids is 2. The number of hydrogen-bond acceptors (Lipinski definition) is 5. The van der Waals surface area contributed by atoms with E-state index in [0.717, 1.165) is 37.1 Å². The summed E-state index contributed by atoms with van der Waals surface area (Å²) in [5.74, 6) is 1.58. The Hall–Kier alpha value is -2.08. The summed E-state index contributed by atoms with van der Waals surface area (Å²) in [6.45, 7) is 5.34. The van der Waals surface area contributed by atoms with Gasteiger partial charge in [-0.25, -0.2) is 4.79 Å². The molecule has 1 aromatic carbocycles. The van der Waals surface area contributed by atoms with Crippen LogP contribution in [0.4, 0.5) is 4.79 Å². The minimum absolute atomic E-state index is 0.198. The summed E-state index contributed by atoms with van der Waals surface area (Å²) in [6.07, 6.45) is 2.34. The Morgan fingerprint density at radius 2 is 2.18 bits per heavy atom. The summed E-state index contributed by atoms with van der Waals surface area (Å²) >= 11 is 0. The highest BCUT2D eigenvalue weighted by Crippen LogP contribution is 2.63. The number of ketones is 1. The van der Waals surface area contributed by atoms with Gasteiger partial charge in [-0.1, -0.05) is 12.1 Å². The van der Waals surface area contributed by atoms with E-state index in [4.69, 9.17) is 14.2 Å². The zero-order valence-corrected chi connectivity index (χ0v) is 16.8. The van der Waals surface area contributed by atoms with Gasteiger partial charge in [0.05, 0.1) is 31.7 Å². The number of aryl methyl sites for hydroxylation is 1. The second-order valence-electron chi connectivity index (χ2n) is 9.08. The normalized spacial score (nSPS) is 37.1. The second kappa shape index (κ2) is 5.96. The Kier molecular flexibility index (Phi) is 3.83. The third kappa shape index (κ3) is 2.18. The molecule has 1 unspecified atom stereocenters. The van der Waals surface area contributed by atoms with Crippen LogP contribution in [0.2, 0.25) is 0 Å². The first-order valence-electron chi connectivity index (χ1n) is 10.4. The zero-order chi connectivity index (χ0) is 19.7. The zero-order valence-electron chi connectivity index (χ0n) is 16.8. The number of ether oxygens (including phenoxy) is 3. The summed E-state index contributed by atoms with van der Waals surface area (Å²) in [7, 11) is 2.18. The van der Waals surface area contributed by atoms with Gasteiger partial charge in [-0.3, -0.25) is 9.28 Å². The maximum absolute atomic E-state index is 12.9. The molecule has 5 rings (SSSR count). The van der Waals surface area contributed by atoms with Crippen LogP contribution in [0, 0.1) is 12.8 Å². The number of piperidine rings is 1. The monoisotopic (exact) mass is 386 g/mol. The molecule has 2 aliphatic heterocycles. The summed E-state index contributed by atoms with van der Waals surface area (Å²) in [5, 5.41) is 0. The number of Topliss-reactive ketones (excluding diaryl/α,β-unsaturated/α-hetero) is 1. The van der Waals surface area contributed by atoms with Crippen molar-refractivity contribution in [3.8, 4) is 5.75 Å². The number of quaternary nitrogens is 1. The average Bonchev–Trinajstić information content (AvgIpc) is 3.03. The van der Waals surface area contributed by atoms with Crippen LogP contribution in [0.15, 0.2) is 12.1 Å². The molecule has 2 heterocycles. The van der Waals surface area contributed by atoms with Gasteiger partial charge in [0.2, 0.25) is 6.73 Å². The van der Waals surface area contributed by atoms with Gasteiger partial charge in [-0.05, 0) is 31.4 Å². The van der Waals surface area contributed by atoms with Crippen LogP contribution in [0.5, 0.6) is 5.75 Å². The molecule has 0 N–H and O–H groups in total. The van der Waals surface area contributed by atoms with Crippen molar-refractivity contribution < 1.29 is 28.3 Å². The van der Waals surface area contributed by atoms with E-state index < -0.39 is 6.16 Å². The SMILES string of the molecule is CCOC(=O)OC[N@@+]1(C)CC[C@]23c4c5ccc(C)c4O[C@H]2C(=O)CC[C@H]3C1C5. The van der Waals surface area contributed by atoms with Crippen molar-refractivity contribution in [1.29, 1.82) is 0 Å². The first-order chi connectivity index (χ1) is 13.4. The van der Waals surface area contributed by atoms with Crippen molar-refractivity contribution in [3.05, 3.63) is 28.8 Å². The number of likely N-dealkylation sites (tertiary alicyclic amines) is 1. The number of rotatable bonds is 3. The average molecular weight is 386 g/mol. The molecule has 1 aromatic rings. The summed E-state index contributed by atoms with van der Waals surface area (Å²) in [5.41, 5.74) is 3.54. The van der Waals surface area contributed by atoms with Gasteiger partial charge in [0, 0.05) is 30.7 Å². The molecule has 0 amide bonds. The standard InChI is InChI=1S/C22H28NO5/c1-4-26-21(25)27-12-23(3)10-9-22-15-7-8-17(24)20(22)28-19-13(2)5-6-14(18(19)22)11-16(15)23/h5-6,15-16,20H,4,7-12H2,1-3H3/q+1/t15-,16?,20-,22-,23+/m0/s1. The lowest BCUT2D eigenvalue weighted by molar-refractivity contribution is -0.959. The van der Waals surface area contributed by atoms with E-state index in [9.17, 15) is 9.59 Å². The Morgan fingerprint density at radius 1 is 1.36 bits per heavy atom. The molecule has 2 fully saturated rings. The van der Waals surface area contributed by atoms with E-state index in [-0.39, 0.29) is 17.3 Å². The van der Waals surface area contributed by atoms with Crippen LogP contribution in [0.3, 0.4) is 0 Å². The Morgan fingerprint density at radius 3 is 2.96 bits per heavy atom. The number of hydrogen-bond donors (Lipinski definition) is 0. The predicted octanol–water partition coefficient (Wildman–Crippen LogP) is 2.88. The van der Waals surface area contributed by atoms with Crippen molar-refractivity contribution in [2.75, 3.05) is 26.9 Å². The molecule has 28 heavy (non-hydrogen) atoms. The van der Waals surface area contributed by atoms with Crippen molar-refractivity contribution >= 4 is 11.9 Å². The van der Waals surface area contributed by atoms with Crippen LogP contribution >= 0.6 is 0 Å². The molecule has 6 heteroatoms. The van der Waals surface area contributed by atoms with Crippen LogP contribution in [-0.4, -0.2) is 55.5 Å². The molecule has 2 bridgehead atoms. The number of carbonyl (C=O) groups is 2. The molecule has 1 saturated carbocycles. The topological polar surface area (TPSA) is 61.8 Å². The van der Waals surface area contributed by atoms with Crippen molar-refractivity contribution in [3.63, 3.8) is 0 Å². The summed E-state index contributed by atoms with van der Waals surface area (Å²) < 4.78 is 17.5. The molecular weight excluding hydrogens is 358 g/mol. The van der Waals surface area contributed by atoms with E-state index in [1.807, 2.05) is 0 Å². The molecule has 6 nitrogen and oxygen atoms in total. The molecule has 150 valence electrons. The highest BCUT2D eigenvalue weighted by atomic mass is 16.7. The molecule has 0 radical (unpaired) electrons. The van der Waals surface area contributed by atoms with Crippen LogP contribution in [0.25, 0.3) is 0 Å². The quantitative estimate of drug-likeness (QED) is 0.591. The van der Waals surface area contributed by atoms with Gasteiger partial charge in [0.1, 0.15) is 5.75 Å². The third-order valence-corrected chi connectivity index (χ3v) is 7.74. The van der Waals surface area contributed by atoms with E-state index in [2.05, 4.69) is 26.1 Å². The Labute approximate surface area is 165 Å². The van der Waals surface area contributed by atoms with Crippen molar-refractivity contribution in [1.82, 2.24) is 0 Å². The highest BCUT2D eigenvalue weighted by molar-refractivity contribution is 5.88. The van der Waals surface area contributed by atoms with E-state index in [1.165, 1.54) is 11.1 Å². The predicted molar refractivity (Wildman–Crippen MR) is 101 cm³/mol.